The molecule has 0 aromatic rings. The van der Waals surface area contributed by atoms with Gasteiger partial charge >= 0.3 is 0 Å². The number of likely N-dealkylation sites (N-methyl/N-ethyl adjacent to an activating group) is 1. The molecule has 1 heterocycles. The Morgan fingerprint density at radius 3 is 2.64 bits per heavy atom. The molecule has 1 unspecified atom stereocenters. The summed E-state index contributed by atoms with van der Waals surface area (Å²) in [4.78, 5) is 11.3. The van der Waals surface area contributed by atoms with E-state index in [1.165, 1.54) is 12.8 Å². The molecule has 1 saturated heterocycles. The van der Waals surface area contributed by atoms with Crippen LogP contribution in [0.15, 0.2) is 0 Å². The smallest absolute Gasteiger partial charge is 0.146 e. The molecule has 2 N–H and O–H groups in total. The maximum Gasteiger partial charge on any atom is 0.146 e. The molecule has 3 heteroatoms. The Kier molecular flexibility index (Phi) is 5.12. The van der Waals surface area contributed by atoms with E-state index in [-0.39, 0.29) is 11.8 Å². The van der Waals surface area contributed by atoms with Gasteiger partial charge in [-0.1, -0.05) is 6.92 Å². The Bertz CT molecular complexity index is 176. The number of Topliss-reactive ketones (excluding diaryl/α,β-unsaturated/α-hetero) is 1. The van der Waals surface area contributed by atoms with Gasteiger partial charge in [0, 0.05) is 0 Å². The van der Waals surface area contributed by atoms with Crippen LogP contribution < -0.4 is 10.6 Å². The van der Waals surface area contributed by atoms with Crippen LogP contribution in [0.25, 0.3) is 0 Å². The minimum absolute atomic E-state index is 0.0862. The molecule has 0 spiro atoms. The number of piperidine rings is 1. The number of rotatable bonds is 5. The van der Waals surface area contributed by atoms with Gasteiger partial charge in [-0.05, 0) is 51.7 Å². The summed E-state index contributed by atoms with van der Waals surface area (Å²) in [5.41, 5.74) is 0. The third-order valence-corrected chi connectivity index (χ3v) is 2.97. The fourth-order valence-electron chi connectivity index (χ4n) is 2.09. The number of nitrogens with one attached hydrogen (secondary N) is 2. The zero-order valence-corrected chi connectivity index (χ0v) is 9.31. The number of hydrogen-bond acceptors (Lipinski definition) is 3. The van der Waals surface area contributed by atoms with Gasteiger partial charge in [0.15, 0.2) is 0 Å². The Morgan fingerprint density at radius 1 is 1.50 bits per heavy atom. The fraction of sp³-hybridized carbons (Fsp3) is 0.909. The van der Waals surface area contributed by atoms with E-state index in [4.69, 9.17) is 0 Å². The predicted octanol–water partition coefficient (Wildman–Crippen LogP) is 0.943. The first-order valence-electron chi connectivity index (χ1n) is 5.68. The molecule has 0 aliphatic carbocycles. The molecule has 1 rings (SSSR count). The highest BCUT2D eigenvalue weighted by molar-refractivity contribution is 5.81. The average Bonchev–Trinajstić information content (AvgIpc) is 2.18. The van der Waals surface area contributed by atoms with Crippen LogP contribution in [0.1, 0.15) is 33.1 Å². The summed E-state index contributed by atoms with van der Waals surface area (Å²) >= 11 is 0. The van der Waals surface area contributed by atoms with Crippen LogP contribution in [0, 0.1) is 5.92 Å². The summed E-state index contributed by atoms with van der Waals surface area (Å²) in [6.45, 7) is 6.85. The average molecular weight is 198 g/mol. The minimum atomic E-state index is 0.0862. The Hall–Kier alpha value is -0.410. The number of carbonyl (C=O) groups is 1. The standard InChI is InChI=1S/C11H22N2O/c1-3-13-11(9(2)14)8-10-4-6-12-7-5-10/h10-13H,3-8H2,1-2H3. The van der Waals surface area contributed by atoms with Gasteiger partial charge in [0.2, 0.25) is 0 Å². The van der Waals surface area contributed by atoms with Crippen molar-refractivity contribution in [1.29, 1.82) is 0 Å². The fourth-order valence-corrected chi connectivity index (χ4v) is 2.09. The molecule has 0 bridgehead atoms. The molecular formula is C11H22N2O. The molecule has 0 aromatic heterocycles. The molecule has 1 aliphatic rings. The summed E-state index contributed by atoms with van der Waals surface area (Å²) in [6.07, 6.45) is 3.45. The molecule has 82 valence electrons. The van der Waals surface area contributed by atoms with Gasteiger partial charge in [0.05, 0.1) is 6.04 Å². The molecule has 1 aliphatic heterocycles. The Labute approximate surface area is 86.6 Å². The summed E-state index contributed by atoms with van der Waals surface area (Å²) < 4.78 is 0. The lowest BCUT2D eigenvalue weighted by Gasteiger charge is -2.26. The van der Waals surface area contributed by atoms with Crippen molar-refractivity contribution < 1.29 is 4.79 Å². The first kappa shape index (κ1) is 11.7. The van der Waals surface area contributed by atoms with Crippen molar-refractivity contribution in [2.24, 2.45) is 5.92 Å². The van der Waals surface area contributed by atoms with Crippen LogP contribution in [-0.4, -0.2) is 31.5 Å². The van der Waals surface area contributed by atoms with Crippen LogP contribution in [0.3, 0.4) is 0 Å². The summed E-state index contributed by atoms with van der Waals surface area (Å²) in [7, 11) is 0. The summed E-state index contributed by atoms with van der Waals surface area (Å²) in [5.74, 6) is 1.01. The highest BCUT2D eigenvalue weighted by Gasteiger charge is 2.20. The zero-order valence-electron chi connectivity index (χ0n) is 9.31. The van der Waals surface area contributed by atoms with Crippen molar-refractivity contribution in [3.8, 4) is 0 Å². The van der Waals surface area contributed by atoms with Crippen molar-refractivity contribution in [3.63, 3.8) is 0 Å². The molecular weight excluding hydrogens is 176 g/mol. The first-order chi connectivity index (χ1) is 6.74. The number of hydrogen-bond donors (Lipinski definition) is 2. The maximum absolute atomic E-state index is 11.3. The van der Waals surface area contributed by atoms with E-state index in [1.807, 2.05) is 0 Å². The second-order valence-electron chi connectivity index (χ2n) is 4.15. The second-order valence-corrected chi connectivity index (χ2v) is 4.15. The van der Waals surface area contributed by atoms with Crippen molar-refractivity contribution >= 4 is 5.78 Å². The SMILES string of the molecule is CCNC(CC1CCNCC1)C(C)=O. The lowest BCUT2D eigenvalue weighted by molar-refractivity contribution is -0.119. The van der Waals surface area contributed by atoms with Gasteiger partial charge in [-0.25, -0.2) is 0 Å². The minimum Gasteiger partial charge on any atom is -0.317 e. The molecule has 0 saturated carbocycles. The second kappa shape index (κ2) is 6.14. The van der Waals surface area contributed by atoms with Gasteiger partial charge in [-0.3, -0.25) is 4.79 Å². The highest BCUT2D eigenvalue weighted by atomic mass is 16.1. The first-order valence-corrected chi connectivity index (χ1v) is 5.68. The van der Waals surface area contributed by atoms with Crippen molar-refractivity contribution in [2.45, 2.75) is 39.2 Å². The van der Waals surface area contributed by atoms with E-state index in [1.54, 1.807) is 6.92 Å². The highest BCUT2D eigenvalue weighted by Crippen LogP contribution is 2.18. The molecule has 0 radical (unpaired) electrons. The largest absolute Gasteiger partial charge is 0.317 e. The van der Waals surface area contributed by atoms with Gasteiger partial charge < -0.3 is 10.6 Å². The summed E-state index contributed by atoms with van der Waals surface area (Å²) in [5, 5.41) is 6.60. The third kappa shape index (κ3) is 3.76. The third-order valence-electron chi connectivity index (χ3n) is 2.97. The molecule has 14 heavy (non-hydrogen) atoms. The van der Waals surface area contributed by atoms with Gasteiger partial charge in [0.25, 0.3) is 0 Å². The maximum atomic E-state index is 11.3. The van der Waals surface area contributed by atoms with Gasteiger partial charge in [0.1, 0.15) is 5.78 Å². The topological polar surface area (TPSA) is 41.1 Å². The number of ketones is 1. The van der Waals surface area contributed by atoms with Crippen LogP contribution in [0.2, 0.25) is 0 Å². The van der Waals surface area contributed by atoms with E-state index in [9.17, 15) is 4.79 Å². The van der Waals surface area contributed by atoms with Crippen molar-refractivity contribution in [3.05, 3.63) is 0 Å². The lowest BCUT2D eigenvalue weighted by Crippen LogP contribution is -2.39. The predicted molar refractivity (Wildman–Crippen MR) is 58.4 cm³/mol. The molecule has 3 nitrogen and oxygen atoms in total. The molecule has 0 aromatic carbocycles. The van der Waals surface area contributed by atoms with Crippen LogP contribution in [0.5, 0.6) is 0 Å². The van der Waals surface area contributed by atoms with Crippen molar-refractivity contribution in [1.82, 2.24) is 10.6 Å². The van der Waals surface area contributed by atoms with Crippen LogP contribution in [0.4, 0.5) is 0 Å². The molecule has 1 atom stereocenters. The molecule has 0 amide bonds. The van der Waals surface area contributed by atoms with E-state index in [0.29, 0.717) is 0 Å². The monoisotopic (exact) mass is 198 g/mol. The summed E-state index contributed by atoms with van der Waals surface area (Å²) in [6, 6.07) is 0.0862. The van der Waals surface area contributed by atoms with Gasteiger partial charge in [-0.2, -0.15) is 0 Å². The van der Waals surface area contributed by atoms with E-state index in [2.05, 4.69) is 17.6 Å². The normalized spacial score (nSPS) is 20.7. The van der Waals surface area contributed by atoms with Crippen LogP contribution >= 0.6 is 0 Å². The quantitative estimate of drug-likeness (QED) is 0.691. The zero-order chi connectivity index (χ0) is 10.4. The van der Waals surface area contributed by atoms with E-state index < -0.39 is 0 Å². The van der Waals surface area contributed by atoms with Gasteiger partial charge in [-0.15, -0.1) is 0 Å². The van der Waals surface area contributed by atoms with Crippen LogP contribution in [-0.2, 0) is 4.79 Å². The Morgan fingerprint density at radius 2 is 2.14 bits per heavy atom. The number of carbonyl (C=O) groups excluding carboxylic acids is 1. The van der Waals surface area contributed by atoms with E-state index in [0.717, 1.165) is 32.0 Å². The van der Waals surface area contributed by atoms with Crippen molar-refractivity contribution in [2.75, 3.05) is 19.6 Å². The molecule has 1 fully saturated rings. The van der Waals surface area contributed by atoms with E-state index >= 15 is 0 Å². The Balaban J connectivity index is 2.33. The lowest BCUT2D eigenvalue weighted by atomic mass is 9.90.